The van der Waals surface area contributed by atoms with Crippen molar-refractivity contribution in [2.75, 3.05) is 34.5 Å². The Balaban J connectivity index is 1.88. The topological polar surface area (TPSA) is 84.2 Å². The van der Waals surface area contributed by atoms with Crippen LogP contribution in [0.1, 0.15) is 50.1 Å². The zero-order valence-electron chi connectivity index (χ0n) is 16.5. The van der Waals surface area contributed by atoms with Crippen LogP contribution in [-0.2, 0) is 15.9 Å². The Labute approximate surface area is 163 Å². The molecule has 7 heteroatoms. The summed E-state index contributed by atoms with van der Waals surface area (Å²) in [5.41, 5.74) is 1.92. The number of carbonyl (C=O) groups excluding carboxylic acids is 2. The van der Waals surface area contributed by atoms with E-state index in [4.69, 9.17) is 23.4 Å². The lowest BCUT2D eigenvalue weighted by Gasteiger charge is -2.23. The van der Waals surface area contributed by atoms with Gasteiger partial charge in [0.15, 0.2) is 5.78 Å². The first-order valence-electron chi connectivity index (χ1n) is 9.03. The summed E-state index contributed by atoms with van der Waals surface area (Å²) in [6, 6.07) is 5.53. The molecule has 0 aliphatic heterocycles. The van der Waals surface area contributed by atoms with Gasteiger partial charge in [-0.3, -0.25) is 4.79 Å². The molecule has 0 N–H and O–H groups in total. The van der Waals surface area contributed by atoms with Crippen LogP contribution in [0.4, 0.5) is 0 Å². The summed E-state index contributed by atoms with van der Waals surface area (Å²) in [5.74, 6) is 1.17. The molecule has 1 atom stereocenters. The van der Waals surface area contributed by atoms with Crippen LogP contribution in [0.25, 0.3) is 0 Å². The molecule has 1 aromatic carbocycles. The number of carbonyl (C=O) groups is 2. The number of hydrogen-bond donors (Lipinski definition) is 0. The van der Waals surface area contributed by atoms with Crippen molar-refractivity contribution in [3.63, 3.8) is 0 Å². The molecule has 0 saturated carbocycles. The van der Waals surface area contributed by atoms with Crippen LogP contribution in [0.5, 0.6) is 11.5 Å². The molecule has 3 rings (SSSR count). The Kier molecular flexibility index (Phi) is 6.04. The highest BCUT2D eigenvalue weighted by molar-refractivity contribution is 6.03. The van der Waals surface area contributed by atoms with Gasteiger partial charge in [-0.1, -0.05) is 6.07 Å². The maximum absolute atomic E-state index is 12.8. The monoisotopic (exact) mass is 388 g/mol. The molecule has 150 valence electrons. The van der Waals surface area contributed by atoms with Gasteiger partial charge < -0.3 is 23.4 Å². The molecule has 1 heterocycles. The molecule has 28 heavy (non-hydrogen) atoms. The summed E-state index contributed by atoms with van der Waals surface area (Å²) in [5, 5.41) is 0. The van der Waals surface area contributed by atoms with Gasteiger partial charge >= 0.3 is 5.97 Å². The second-order valence-electron chi connectivity index (χ2n) is 6.62. The van der Waals surface area contributed by atoms with Gasteiger partial charge in [-0.2, -0.15) is 0 Å². The summed E-state index contributed by atoms with van der Waals surface area (Å²) < 4.78 is 26.5. The number of hydrogen-bond acceptors (Lipinski definition) is 7. The predicted octanol–water partition coefficient (Wildman–Crippen LogP) is 3.32. The van der Waals surface area contributed by atoms with E-state index >= 15 is 0 Å². The number of benzene rings is 1. The highest BCUT2D eigenvalue weighted by Gasteiger charge is 2.35. The Morgan fingerprint density at radius 2 is 1.93 bits per heavy atom. The van der Waals surface area contributed by atoms with Gasteiger partial charge in [0, 0.05) is 37.5 Å². The van der Waals surface area contributed by atoms with Crippen LogP contribution in [0.2, 0.25) is 0 Å². The first kappa shape index (κ1) is 19.9. The van der Waals surface area contributed by atoms with Gasteiger partial charge in [0.1, 0.15) is 23.9 Å². The van der Waals surface area contributed by atoms with Crippen molar-refractivity contribution < 1.29 is 33.0 Å². The van der Waals surface area contributed by atoms with Gasteiger partial charge in [-0.05, 0) is 18.6 Å². The molecule has 0 radical (unpaired) electrons. The van der Waals surface area contributed by atoms with Crippen molar-refractivity contribution in [1.29, 1.82) is 0 Å². The second kappa shape index (κ2) is 8.48. The highest BCUT2D eigenvalue weighted by Crippen LogP contribution is 2.40. The Morgan fingerprint density at radius 1 is 1.14 bits per heavy atom. The number of esters is 1. The average molecular weight is 388 g/mol. The maximum atomic E-state index is 12.8. The number of Topliss-reactive ketones (excluding diaryl/α,β-unsaturated/α-hetero) is 1. The van der Waals surface area contributed by atoms with Gasteiger partial charge in [0.2, 0.25) is 5.76 Å². The number of ketones is 1. The fourth-order valence-corrected chi connectivity index (χ4v) is 3.56. The predicted molar refractivity (Wildman–Crippen MR) is 101 cm³/mol. The minimum Gasteiger partial charge on any atom is -0.497 e. The van der Waals surface area contributed by atoms with Crippen molar-refractivity contribution in [2.24, 2.45) is 0 Å². The summed E-state index contributed by atoms with van der Waals surface area (Å²) in [6.45, 7) is 2.13. The Hall–Kier alpha value is -2.80. The third-order valence-electron chi connectivity index (χ3n) is 4.95. The lowest BCUT2D eigenvalue weighted by atomic mass is 9.81. The smallest absolute Gasteiger partial charge is 0.374 e. The van der Waals surface area contributed by atoms with Crippen molar-refractivity contribution in [3.05, 3.63) is 46.4 Å². The zero-order chi connectivity index (χ0) is 20.3. The van der Waals surface area contributed by atoms with Crippen LogP contribution < -0.4 is 9.47 Å². The second-order valence-corrected chi connectivity index (χ2v) is 6.62. The quantitative estimate of drug-likeness (QED) is 0.531. The third kappa shape index (κ3) is 3.75. The number of methoxy groups -OCH3 is 3. The largest absolute Gasteiger partial charge is 0.497 e. The van der Waals surface area contributed by atoms with Crippen LogP contribution in [0, 0.1) is 6.92 Å². The summed E-state index contributed by atoms with van der Waals surface area (Å²) >= 11 is 0. The van der Waals surface area contributed by atoms with Crippen LogP contribution >= 0.6 is 0 Å². The molecule has 1 aliphatic carbocycles. The number of rotatable bonds is 7. The molecular formula is C21H24O7. The first-order chi connectivity index (χ1) is 13.5. The van der Waals surface area contributed by atoms with E-state index in [9.17, 15) is 9.59 Å². The van der Waals surface area contributed by atoms with E-state index in [1.54, 1.807) is 27.2 Å². The molecule has 1 aliphatic rings. The van der Waals surface area contributed by atoms with E-state index in [0.717, 1.165) is 5.56 Å². The van der Waals surface area contributed by atoms with E-state index in [-0.39, 0.29) is 24.1 Å². The lowest BCUT2D eigenvalue weighted by Crippen LogP contribution is -2.18. The fourth-order valence-electron chi connectivity index (χ4n) is 3.56. The fraction of sp³-hybridized carbons (Fsp3) is 0.429. The summed E-state index contributed by atoms with van der Waals surface area (Å²) in [4.78, 5) is 25.1. The molecule has 2 aromatic rings. The van der Waals surface area contributed by atoms with Gasteiger partial charge in [-0.25, -0.2) is 4.79 Å². The van der Waals surface area contributed by atoms with E-state index in [0.29, 0.717) is 47.8 Å². The van der Waals surface area contributed by atoms with Crippen LogP contribution in [-0.4, -0.2) is 46.3 Å². The zero-order valence-corrected chi connectivity index (χ0v) is 16.5. The standard InChI is InChI=1S/C21H24O7/c1-12-19-16(22)9-13(15-6-5-14(25-3)11-17(15)26-4)10-18(19)28-20(12)21(23)27-8-7-24-2/h5-6,11,13H,7-10H2,1-4H3/t13-/m1/s1. The minimum absolute atomic E-state index is 0.0543. The van der Waals surface area contributed by atoms with Gasteiger partial charge in [0.25, 0.3) is 0 Å². The molecule has 0 fully saturated rings. The van der Waals surface area contributed by atoms with Crippen molar-refractivity contribution in [3.8, 4) is 11.5 Å². The summed E-state index contributed by atoms with van der Waals surface area (Å²) in [7, 11) is 4.69. The first-order valence-corrected chi connectivity index (χ1v) is 9.03. The molecule has 0 amide bonds. The normalized spacial score (nSPS) is 15.9. The van der Waals surface area contributed by atoms with Crippen LogP contribution in [0.3, 0.4) is 0 Å². The van der Waals surface area contributed by atoms with Crippen molar-refractivity contribution >= 4 is 11.8 Å². The van der Waals surface area contributed by atoms with Crippen molar-refractivity contribution in [2.45, 2.75) is 25.7 Å². The highest BCUT2D eigenvalue weighted by atomic mass is 16.6. The summed E-state index contributed by atoms with van der Waals surface area (Å²) in [6.07, 6.45) is 0.810. The molecular weight excluding hydrogens is 364 g/mol. The number of ether oxygens (including phenoxy) is 4. The molecule has 7 nitrogen and oxygen atoms in total. The Bertz CT molecular complexity index is 881. The molecule has 0 spiro atoms. The molecule has 0 unspecified atom stereocenters. The van der Waals surface area contributed by atoms with E-state index in [1.807, 2.05) is 12.1 Å². The van der Waals surface area contributed by atoms with Crippen molar-refractivity contribution in [1.82, 2.24) is 0 Å². The number of fused-ring (bicyclic) bond motifs is 1. The van der Waals surface area contributed by atoms with Gasteiger partial charge in [-0.15, -0.1) is 0 Å². The minimum atomic E-state index is -0.588. The Morgan fingerprint density at radius 3 is 2.61 bits per heavy atom. The number of furan rings is 1. The van der Waals surface area contributed by atoms with Crippen LogP contribution in [0.15, 0.2) is 22.6 Å². The SMILES string of the molecule is COCCOC(=O)c1oc2c(c1C)C(=O)C[C@@H](c1ccc(OC)cc1OC)C2. The lowest BCUT2D eigenvalue weighted by molar-refractivity contribution is 0.0351. The third-order valence-corrected chi connectivity index (χ3v) is 4.95. The van der Waals surface area contributed by atoms with E-state index in [1.165, 1.54) is 7.11 Å². The van der Waals surface area contributed by atoms with Gasteiger partial charge in [0.05, 0.1) is 26.4 Å². The average Bonchev–Trinajstić information content (AvgIpc) is 3.04. The molecule has 0 bridgehead atoms. The maximum Gasteiger partial charge on any atom is 0.374 e. The van der Waals surface area contributed by atoms with E-state index in [2.05, 4.69) is 0 Å². The molecule has 0 saturated heterocycles. The molecule has 1 aromatic heterocycles. The van der Waals surface area contributed by atoms with E-state index < -0.39 is 5.97 Å².